The zero-order valence-electron chi connectivity index (χ0n) is 30.9. The van der Waals surface area contributed by atoms with Crippen LogP contribution in [-0.2, 0) is 41.6 Å². The molecule has 0 fully saturated rings. The topological polar surface area (TPSA) is 235 Å². The standard InChI is InChI=1S/C38H57N7O7/c1-23(2)20-29(34(47)41-28(38(51)52)18-12-13-19-39)44-37(50)32(24(3)4)45-36(49)31(22-27-16-10-7-11-17-27)43-35(48)30(42-33(46)25(5)40)21-26-14-8-6-9-15-26/h6-11,14-17,23-25,28-32H,12-13,18-22,39-40H2,1-5H3,(H,41,47)(H,42,46)(H,43,48)(H,44,50)(H,45,49)(H,51,52)/t25-,28-,29-,30-,31-,32-/m0/s1. The number of benzene rings is 2. The Morgan fingerprint density at radius 3 is 1.48 bits per heavy atom. The van der Waals surface area contributed by atoms with Gasteiger partial charge in [-0.3, -0.25) is 24.0 Å². The first kappa shape index (κ1) is 43.3. The number of carbonyl (C=O) groups is 6. The highest BCUT2D eigenvalue weighted by molar-refractivity contribution is 5.96. The third kappa shape index (κ3) is 15.2. The molecular formula is C38H57N7O7. The van der Waals surface area contributed by atoms with Gasteiger partial charge in [-0.1, -0.05) is 88.4 Å². The number of nitrogens with two attached hydrogens (primary N) is 2. The maximum absolute atomic E-state index is 14.0. The van der Waals surface area contributed by atoms with Gasteiger partial charge in [0.2, 0.25) is 29.5 Å². The van der Waals surface area contributed by atoms with Crippen molar-refractivity contribution in [1.29, 1.82) is 0 Å². The SMILES string of the molecule is CC(C)C[C@H](NC(=O)[C@@H](NC(=O)[C@H](Cc1ccccc1)NC(=O)[C@H](Cc1ccccc1)NC(=O)[C@H](C)N)C(C)C)C(=O)N[C@@H](CCCCN)C(=O)O. The quantitative estimate of drug-likeness (QED) is 0.0813. The molecule has 2 aromatic carbocycles. The fourth-order valence-corrected chi connectivity index (χ4v) is 5.47. The molecule has 0 saturated carbocycles. The average molecular weight is 724 g/mol. The molecule has 0 heterocycles. The number of carboxylic acid groups (broad SMARTS) is 1. The van der Waals surface area contributed by atoms with Gasteiger partial charge in [-0.05, 0) is 62.1 Å². The van der Waals surface area contributed by atoms with E-state index >= 15 is 0 Å². The number of rotatable bonds is 22. The van der Waals surface area contributed by atoms with Crippen LogP contribution in [0.5, 0.6) is 0 Å². The molecule has 0 aliphatic rings. The lowest BCUT2D eigenvalue weighted by Gasteiger charge is -2.29. The van der Waals surface area contributed by atoms with E-state index in [9.17, 15) is 33.9 Å². The predicted octanol–water partition coefficient (Wildman–Crippen LogP) is 1.16. The van der Waals surface area contributed by atoms with Gasteiger partial charge in [-0.15, -0.1) is 0 Å². The summed E-state index contributed by atoms with van der Waals surface area (Å²) >= 11 is 0. The molecule has 5 amide bonds. The summed E-state index contributed by atoms with van der Waals surface area (Å²) < 4.78 is 0. The molecule has 2 rings (SSSR count). The largest absolute Gasteiger partial charge is 0.480 e. The number of carboxylic acids is 1. The molecular weight excluding hydrogens is 666 g/mol. The van der Waals surface area contributed by atoms with Gasteiger partial charge in [0.25, 0.3) is 0 Å². The summed E-state index contributed by atoms with van der Waals surface area (Å²) in [4.78, 5) is 79.3. The van der Waals surface area contributed by atoms with E-state index in [4.69, 9.17) is 11.5 Å². The Morgan fingerprint density at radius 1 is 0.596 bits per heavy atom. The molecule has 10 N–H and O–H groups in total. The van der Waals surface area contributed by atoms with Crippen molar-refractivity contribution in [2.24, 2.45) is 23.3 Å². The number of carbonyl (C=O) groups excluding carboxylic acids is 5. The lowest BCUT2D eigenvalue weighted by molar-refractivity contribution is -0.142. The third-order valence-corrected chi connectivity index (χ3v) is 8.39. The number of amides is 5. The monoisotopic (exact) mass is 723 g/mol. The number of hydrogen-bond acceptors (Lipinski definition) is 8. The minimum atomic E-state index is -1.19. The van der Waals surface area contributed by atoms with Crippen LogP contribution in [0.2, 0.25) is 0 Å². The van der Waals surface area contributed by atoms with Gasteiger partial charge in [0.15, 0.2) is 0 Å². The molecule has 0 bridgehead atoms. The Kier molecular flexibility index (Phi) is 18.5. The first-order chi connectivity index (χ1) is 24.6. The van der Waals surface area contributed by atoms with Gasteiger partial charge in [-0.2, -0.15) is 0 Å². The van der Waals surface area contributed by atoms with E-state index in [0.29, 0.717) is 19.4 Å². The van der Waals surface area contributed by atoms with Crippen LogP contribution in [0.25, 0.3) is 0 Å². The fraction of sp³-hybridized carbons (Fsp3) is 0.526. The van der Waals surface area contributed by atoms with Crippen molar-refractivity contribution >= 4 is 35.5 Å². The van der Waals surface area contributed by atoms with Crippen molar-refractivity contribution in [3.63, 3.8) is 0 Å². The summed E-state index contributed by atoms with van der Waals surface area (Å²) in [5.74, 6) is -4.78. The highest BCUT2D eigenvalue weighted by Gasteiger charge is 2.34. The summed E-state index contributed by atoms with van der Waals surface area (Å²) in [6, 6.07) is 11.6. The molecule has 0 saturated heterocycles. The number of unbranched alkanes of at least 4 members (excludes halogenated alkanes) is 1. The summed E-state index contributed by atoms with van der Waals surface area (Å²) in [6.07, 6.45) is 1.71. The molecule has 2 aromatic rings. The van der Waals surface area contributed by atoms with Crippen molar-refractivity contribution < 1.29 is 33.9 Å². The van der Waals surface area contributed by atoms with E-state index in [1.54, 1.807) is 38.1 Å². The van der Waals surface area contributed by atoms with Crippen LogP contribution in [0.3, 0.4) is 0 Å². The van der Waals surface area contributed by atoms with Gasteiger partial charge in [-0.25, -0.2) is 4.79 Å². The van der Waals surface area contributed by atoms with Crippen LogP contribution < -0.4 is 38.1 Å². The first-order valence-electron chi connectivity index (χ1n) is 17.9. The van der Waals surface area contributed by atoms with Crippen LogP contribution in [0, 0.1) is 11.8 Å². The second-order valence-corrected chi connectivity index (χ2v) is 13.9. The average Bonchev–Trinajstić information content (AvgIpc) is 3.09. The maximum atomic E-state index is 14.0. The highest BCUT2D eigenvalue weighted by Crippen LogP contribution is 2.12. The van der Waals surface area contributed by atoms with E-state index in [-0.39, 0.29) is 31.6 Å². The molecule has 286 valence electrons. The van der Waals surface area contributed by atoms with Gasteiger partial charge in [0.1, 0.15) is 30.2 Å². The van der Waals surface area contributed by atoms with Crippen molar-refractivity contribution in [3.05, 3.63) is 71.8 Å². The van der Waals surface area contributed by atoms with E-state index in [0.717, 1.165) is 11.1 Å². The van der Waals surface area contributed by atoms with Crippen LogP contribution >= 0.6 is 0 Å². The van der Waals surface area contributed by atoms with E-state index in [1.165, 1.54) is 6.92 Å². The Morgan fingerprint density at radius 2 is 1.04 bits per heavy atom. The lowest BCUT2D eigenvalue weighted by Crippen LogP contribution is -2.60. The van der Waals surface area contributed by atoms with Crippen LogP contribution in [0.1, 0.15) is 71.4 Å². The van der Waals surface area contributed by atoms with Crippen molar-refractivity contribution in [2.45, 2.75) is 109 Å². The summed E-state index contributed by atoms with van der Waals surface area (Å²) in [6.45, 7) is 9.07. The molecule has 14 nitrogen and oxygen atoms in total. The molecule has 0 radical (unpaired) electrons. The van der Waals surface area contributed by atoms with Crippen molar-refractivity contribution in [2.75, 3.05) is 6.54 Å². The van der Waals surface area contributed by atoms with E-state index in [2.05, 4.69) is 26.6 Å². The van der Waals surface area contributed by atoms with Crippen molar-refractivity contribution in [3.8, 4) is 0 Å². The second kappa shape index (κ2) is 22.2. The number of nitrogens with one attached hydrogen (secondary N) is 5. The Labute approximate surface area is 306 Å². The molecule has 6 atom stereocenters. The van der Waals surface area contributed by atoms with Gasteiger partial charge in [0, 0.05) is 12.8 Å². The lowest BCUT2D eigenvalue weighted by atomic mass is 9.98. The molecule has 0 spiro atoms. The van der Waals surface area contributed by atoms with Gasteiger partial charge in [0.05, 0.1) is 6.04 Å². The first-order valence-corrected chi connectivity index (χ1v) is 17.9. The predicted molar refractivity (Wildman–Crippen MR) is 198 cm³/mol. The number of hydrogen-bond donors (Lipinski definition) is 8. The van der Waals surface area contributed by atoms with Crippen LogP contribution in [0.4, 0.5) is 0 Å². The van der Waals surface area contributed by atoms with E-state index < -0.39 is 77.7 Å². The van der Waals surface area contributed by atoms with Crippen LogP contribution in [0.15, 0.2) is 60.7 Å². The summed E-state index contributed by atoms with van der Waals surface area (Å²) in [5, 5.41) is 23.2. The Balaban J connectivity index is 2.33. The Bertz CT molecular complexity index is 1450. The minimum absolute atomic E-state index is 0.0410. The Hall–Kier alpha value is -4.82. The number of aliphatic carboxylic acids is 1. The zero-order chi connectivity index (χ0) is 38.8. The molecule has 0 aromatic heterocycles. The molecule has 0 aliphatic heterocycles. The molecule has 14 heteroatoms. The summed E-state index contributed by atoms with van der Waals surface area (Å²) in [5.41, 5.74) is 12.8. The third-order valence-electron chi connectivity index (χ3n) is 8.39. The normalized spacial score (nSPS) is 14.6. The zero-order valence-corrected chi connectivity index (χ0v) is 30.9. The van der Waals surface area contributed by atoms with Gasteiger partial charge >= 0.3 is 5.97 Å². The molecule has 0 aliphatic carbocycles. The molecule has 52 heavy (non-hydrogen) atoms. The van der Waals surface area contributed by atoms with Gasteiger partial charge < -0.3 is 43.2 Å². The maximum Gasteiger partial charge on any atom is 0.326 e. The fourth-order valence-electron chi connectivity index (χ4n) is 5.47. The minimum Gasteiger partial charge on any atom is -0.480 e. The van der Waals surface area contributed by atoms with Crippen LogP contribution in [-0.4, -0.2) is 83.4 Å². The van der Waals surface area contributed by atoms with E-state index in [1.807, 2.05) is 50.2 Å². The smallest absolute Gasteiger partial charge is 0.326 e. The summed E-state index contributed by atoms with van der Waals surface area (Å²) in [7, 11) is 0. The second-order valence-electron chi connectivity index (χ2n) is 13.9. The molecule has 0 unspecified atom stereocenters. The van der Waals surface area contributed by atoms with Crippen molar-refractivity contribution in [1.82, 2.24) is 26.6 Å². The highest BCUT2D eigenvalue weighted by atomic mass is 16.4.